The average molecular weight is 393 g/mol. The lowest BCUT2D eigenvalue weighted by atomic mass is 9.83. The minimum absolute atomic E-state index is 0.110. The van der Waals surface area contributed by atoms with Crippen molar-refractivity contribution in [2.75, 3.05) is 13.2 Å². The second kappa shape index (κ2) is 8.13. The van der Waals surface area contributed by atoms with Crippen molar-refractivity contribution < 1.29 is 18.3 Å². The summed E-state index contributed by atoms with van der Waals surface area (Å²) in [5, 5.41) is 0. The normalized spacial score (nSPS) is 16.5. The molecule has 0 spiro atoms. The fourth-order valence-corrected chi connectivity index (χ4v) is 3.80. The Balaban J connectivity index is 1.69. The molecule has 0 aromatic heterocycles. The number of hydrogen-bond donors (Lipinski definition) is 0. The molecule has 1 aliphatic heterocycles. The number of amides is 1. The van der Waals surface area contributed by atoms with E-state index in [0.717, 1.165) is 16.7 Å². The number of carbonyl (C=O) groups excluding carboxylic acids is 1. The molecule has 1 fully saturated rings. The van der Waals surface area contributed by atoms with Gasteiger partial charge in [-0.1, -0.05) is 54.6 Å². The first-order valence-electron chi connectivity index (χ1n) is 9.55. The van der Waals surface area contributed by atoms with Crippen molar-refractivity contribution in [2.45, 2.75) is 18.6 Å². The molecule has 4 rings (SSSR count). The van der Waals surface area contributed by atoms with E-state index in [1.807, 2.05) is 30.3 Å². The van der Waals surface area contributed by atoms with Gasteiger partial charge >= 0.3 is 0 Å². The molecule has 0 atom stereocenters. The van der Waals surface area contributed by atoms with Crippen LogP contribution in [0.2, 0.25) is 0 Å². The van der Waals surface area contributed by atoms with E-state index in [4.69, 9.17) is 4.74 Å². The highest BCUT2D eigenvalue weighted by atomic mass is 19.1. The number of hydrogen-bond acceptors (Lipinski definition) is 2. The van der Waals surface area contributed by atoms with E-state index >= 15 is 0 Å². The van der Waals surface area contributed by atoms with Gasteiger partial charge in [0.2, 0.25) is 5.91 Å². The Morgan fingerprint density at radius 3 is 1.93 bits per heavy atom. The first-order valence-corrected chi connectivity index (χ1v) is 9.55. The lowest BCUT2D eigenvalue weighted by molar-refractivity contribution is -0.137. The highest BCUT2D eigenvalue weighted by Gasteiger charge is 2.39. The lowest BCUT2D eigenvalue weighted by Crippen LogP contribution is -2.32. The van der Waals surface area contributed by atoms with Crippen molar-refractivity contribution in [1.29, 1.82) is 0 Å². The number of nitrogens with zero attached hydrogens (tertiary/aromatic N) is 1. The van der Waals surface area contributed by atoms with Crippen LogP contribution in [0.15, 0.2) is 78.9 Å². The molecule has 148 valence electrons. The fourth-order valence-electron chi connectivity index (χ4n) is 3.80. The molecule has 1 amide bonds. The van der Waals surface area contributed by atoms with Crippen LogP contribution in [-0.2, 0) is 21.7 Å². The predicted octanol–water partition coefficient (Wildman–Crippen LogP) is 4.66. The van der Waals surface area contributed by atoms with Crippen molar-refractivity contribution >= 4 is 5.91 Å². The van der Waals surface area contributed by atoms with E-state index in [9.17, 15) is 13.6 Å². The summed E-state index contributed by atoms with van der Waals surface area (Å²) in [5.41, 5.74) is 1.55. The molecule has 0 bridgehead atoms. The van der Waals surface area contributed by atoms with Crippen LogP contribution in [0, 0.1) is 11.6 Å². The van der Waals surface area contributed by atoms with E-state index in [2.05, 4.69) is 0 Å². The summed E-state index contributed by atoms with van der Waals surface area (Å²) in [6.45, 7) is 0.843. The third kappa shape index (κ3) is 4.05. The largest absolute Gasteiger partial charge is 0.356 e. The maximum atomic E-state index is 13.5. The van der Waals surface area contributed by atoms with Gasteiger partial charge in [0, 0.05) is 19.5 Å². The molecular weight excluding hydrogens is 372 g/mol. The summed E-state index contributed by atoms with van der Waals surface area (Å²) >= 11 is 0. The summed E-state index contributed by atoms with van der Waals surface area (Å²) in [6, 6.07) is 21.9. The molecular formula is C24H21F2NO2. The Hall–Kier alpha value is -3.05. The summed E-state index contributed by atoms with van der Waals surface area (Å²) in [5.74, 6) is -0.809. The van der Waals surface area contributed by atoms with Crippen LogP contribution in [-0.4, -0.2) is 24.0 Å². The number of halogens is 2. The maximum absolute atomic E-state index is 13.5. The first kappa shape index (κ1) is 19.3. The van der Waals surface area contributed by atoms with Gasteiger partial charge in [-0.05, 0) is 41.0 Å². The molecule has 29 heavy (non-hydrogen) atoms. The van der Waals surface area contributed by atoms with Gasteiger partial charge in [-0.3, -0.25) is 4.79 Å². The molecule has 0 aliphatic carbocycles. The minimum atomic E-state index is -0.956. The second-order valence-electron chi connectivity index (χ2n) is 7.18. The molecule has 0 saturated carbocycles. The molecule has 1 aliphatic rings. The molecule has 1 heterocycles. The van der Waals surface area contributed by atoms with Crippen molar-refractivity contribution in [2.24, 2.45) is 0 Å². The maximum Gasteiger partial charge on any atom is 0.248 e. The average Bonchev–Trinajstić information content (AvgIpc) is 2.90. The predicted molar refractivity (Wildman–Crippen MR) is 106 cm³/mol. The summed E-state index contributed by atoms with van der Waals surface area (Å²) in [7, 11) is 0. The summed E-state index contributed by atoms with van der Waals surface area (Å²) in [4.78, 5) is 14.5. The zero-order valence-electron chi connectivity index (χ0n) is 15.9. The van der Waals surface area contributed by atoms with Gasteiger partial charge in [-0.25, -0.2) is 8.78 Å². The van der Waals surface area contributed by atoms with E-state index in [-0.39, 0.29) is 24.1 Å². The van der Waals surface area contributed by atoms with Crippen LogP contribution < -0.4 is 0 Å². The first-order chi connectivity index (χ1) is 14.1. The number of carbonyl (C=O) groups is 1. The Morgan fingerprint density at radius 1 is 0.828 bits per heavy atom. The van der Waals surface area contributed by atoms with Crippen LogP contribution in [0.3, 0.4) is 0 Å². The Kier molecular flexibility index (Phi) is 5.41. The number of rotatable bonds is 4. The summed E-state index contributed by atoms with van der Waals surface area (Å²) < 4.78 is 33.2. The Bertz CT molecular complexity index is 927. The van der Waals surface area contributed by atoms with Crippen molar-refractivity contribution in [3.8, 4) is 0 Å². The zero-order chi connectivity index (χ0) is 20.3. The van der Waals surface area contributed by atoms with Gasteiger partial charge in [-0.2, -0.15) is 0 Å². The van der Waals surface area contributed by atoms with E-state index in [1.54, 1.807) is 29.2 Å². The van der Waals surface area contributed by atoms with Crippen molar-refractivity contribution in [1.82, 2.24) is 4.90 Å². The minimum Gasteiger partial charge on any atom is -0.356 e. The third-order valence-corrected chi connectivity index (χ3v) is 5.37. The van der Waals surface area contributed by atoms with Gasteiger partial charge in [0.1, 0.15) is 23.8 Å². The molecule has 0 N–H and O–H groups in total. The Labute approximate surface area is 168 Å². The topological polar surface area (TPSA) is 29.5 Å². The van der Waals surface area contributed by atoms with E-state index < -0.39 is 5.60 Å². The van der Waals surface area contributed by atoms with E-state index in [0.29, 0.717) is 19.5 Å². The van der Waals surface area contributed by atoms with Gasteiger partial charge in [0.05, 0.1) is 0 Å². The highest BCUT2D eigenvalue weighted by molar-refractivity contribution is 5.78. The summed E-state index contributed by atoms with van der Waals surface area (Å²) in [6.07, 6.45) is 0.475. The quantitative estimate of drug-likeness (QED) is 0.645. The van der Waals surface area contributed by atoms with Crippen LogP contribution in [0.25, 0.3) is 0 Å². The van der Waals surface area contributed by atoms with Gasteiger partial charge in [0.15, 0.2) is 0 Å². The van der Waals surface area contributed by atoms with Gasteiger partial charge in [-0.15, -0.1) is 0 Å². The monoisotopic (exact) mass is 393 g/mol. The lowest BCUT2D eigenvalue weighted by Gasteiger charge is -2.33. The molecule has 1 saturated heterocycles. The highest BCUT2D eigenvalue weighted by Crippen LogP contribution is 2.39. The van der Waals surface area contributed by atoms with Gasteiger partial charge in [0.25, 0.3) is 0 Å². The van der Waals surface area contributed by atoms with Gasteiger partial charge < -0.3 is 9.64 Å². The van der Waals surface area contributed by atoms with Crippen molar-refractivity contribution in [3.63, 3.8) is 0 Å². The van der Waals surface area contributed by atoms with Crippen molar-refractivity contribution in [3.05, 3.63) is 107 Å². The standard InChI is InChI=1S/C24H21F2NO2/c25-21-10-6-19(7-11-21)24(20-8-12-22(26)13-9-20)14-15-27(23(28)17-29-24)16-18-4-2-1-3-5-18/h1-13H,14-17H2. The SMILES string of the molecule is O=C1COC(c2ccc(F)cc2)(c2ccc(F)cc2)CCN1Cc1ccccc1. The zero-order valence-corrected chi connectivity index (χ0v) is 15.9. The van der Waals surface area contributed by atoms with E-state index in [1.165, 1.54) is 24.3 Å². The van der Waals surface area contributed by atoms with Crippen LogP contribution in [0.4, 0.5) is 8.78 Å². The Morgan fingerprint density at radius 2 is 1.38 bits per heavy atom. The van der Waals surface area contributed by atoms with Crippen LogP contribution in [0.1, 0.15) is 23.1 Å². The molecule has 0 radical (unpaired) electrons. The molecule has 5 heteroatoms. The molecule has 3 nitrogen and oxygen atoms in total. The number of ether oxygens (including phenoxy) is 1. The third-order valence-electron chi connectivity index (χ3n) is 5.37. The molecule has 3 aromatic carbocycles. The molecule has 0 unspecified atom stereocenters. The smallest absolute Gasteiger partial charge is 0.248 e. The molecule has 3 aromatic rings. The van der Waals surface area contributed by atoms with Crippen LogP contribution in [0.5, 0.6) is 0 Å². The van der Waals surface area contributed by atoms with Crippen LogP contribution >= 0.6 is 0 Å². The second-order valence-corrected chi connectivity index (χ2v) is 7.18. The fraction of sp³-hybridized carbons (Fsp3) is 0.208. The number of benzene rings is 3.